The summed E-state index contributed by atoms with van der Waals surface area (Å²) in [5.41, 5.74) is -0.227. The molecule has 1 N–H and O–H groups in total. The van der Waals surface area contributed by atoms with Crippen molar-refractivity contribution in [1.82, 2.24) is 9.97 Å². The van der Waals surface area contributed by atoms with Crippen molar-refractivity contribution in [2.24, 2.45) is 17.8 Å². The molecule has 0 spiro atoms. The van der Waals surface area contributed by atoms with Crippen molar-refractivity contribution in [3.05, 3.63) is 21.6 Å². The molecule has 0 bridgehead atoms. The summed E-state index contributed by atoms with van der Waals surface area (Å²) >= 11 is 5.76. The highest BCUT2D eigenvalue weighted by Gasteiger charge is 2.41. The molecular formula is C12H15ClN4O2. The predicted octanol–water partition coefficient (Wildman–Crippen LogP) is 2.89. The molecule has 2 fully saturated rings. The monoisotopic (exact) mass is 282 g/mol. The molecule has 0 radical (unpaired) electrons. The van der Waals surface area contributed by atoms with E-state index < -0.39 is 4.92 Å². The number of hydrogen-bond acceptors (Lipinski definition) is 5. The normalized spacial score (nSPS) is 18.6. The Morgan fingerprint density at radius 2 is 2.00 bits per heavy atom. The molecule has 0 aromatic carbocycles. The standard InChI is InChI=1S/C12H15ClN4O2/c13-11-10(17(18)19)12(16-6-15-11)14-5-9(7-1-2-7)8-3-4-8/h6-9H,1-5H2,(H,14,15,16). The maximum atomic E-state index is 11.0. The van der Waals surface area contributed by atoms with E-state index in [0.717, 1.165) is 18.4 Å². The Labute approximate surface area is 115 Å². The third-order valence-corrected chi connectivity index (χ3v) is 4.20. The van der Waals surface area contributed by atoms with Crippen LogP contribution in [0.5, 0.6) is 0 Å². The Morgan fingerprint density at radius 3 is 2.53 bits per heavy atom. The van der Waals surface area contributed by atoms with Crippen LogP contribution in [0, 0.1) is 27.9 Å². The van der Waals surface area contributed by atoms with Crippen LogP contribution >= 0.6 is 11.6 Å². The second-order valence-electron chi connectivity index (χ2n) is 5.34. The summed E-state index contributed by atoms with van der Waals surface area (Å²) in [7, 11) is 0. The zero-order chi connectivity index (χ0) is 13.4. The molecule has 1 aromatic rings. The first-order valence-corrected chi connectivity index (χ1v) is 6.93. The maximum Gasteiger partial charge on any atom is 0.348 e. The van der Waals surface area contributed by atoms with Gasteiger partial charge >= 0.3 is 5.69 Å². The Kier molecular flexibility index (Phi) is 3.26. The smallest absolute Gasteiger partial charge is 0.348 e. The van der Waals surface area contributed by atoms with Crippen molar-refractivity contribution in [2.75, 3.05) is 11.9 Å². The zero-order valence-corrected chi connectivity index (χ0v) is 11.1. The first kappa shape index (κ1) is 12.6. The first-order chi connectivity index (χ1) is 9.16. The molecule has 0 unspecified atom stereocenters. The second-order valence-corrected chi connectivity index (χ2v) is 5.70. The number of halogens is 1. The molecule has 2 saturated carbocycles. The van der Waals surface area contributed by atoms with Gasteiger partial charge in [-0.05, 0) is 43.4 Å². The highest BCUT2D eigenvalue weighted by molar-refractivity contribution is 6.31. The van der Waals surface area contributed by atoms with Gasteiger partial charge in [-0.3, -0.25) is 10.1 Å². The summed E-state index contributed by atoms with van der Waals surface area (Å²) in [6.45, 7) is 0.740. The fourth-order valence-electron chi connectivity index (χ4n) is 2.63. The Hall–Kier alpha value is -1.43. The number of rotatable bonds is 6. The first-order valence-electron chi connectivity index (χ1n) is 6.55. The lowest BCUT2D eigenvalue weighted by Gasteiger charge is -2.16. The molecule has 6 nitrogen and oxygen atoms in total. The summed E-state index contributed by atoms with van der Waals surface area (Å²) in [4.78, 5) is 18.0. The largest absolute Gasteiger partial charge is 0.364 e. The van der Waals surface area contributed by atoms with E-state index in [1.807, 2.05) is 0 Å². The van der Waals surface area contributed by atoms with E-state index in [1.165, 1.54) is 32.0 Å². The molecule has 19 heavy (non-hydrogen) atoms. The van der Waals surface area contributed by atoms with Crippen LogP contribution in [0.15, 0.2) is 6.33 Å². The molecule has 0 saturated heterocycles. The van der Waals surface area contributed by atoms with Crippen molar-refractivity contribution >= 4 is 23.1 Å². The second kappa shape index (κ2) is 4.92. The SMILES string of the molecule is O=[N+]([O-])c1c(Cl)ncnc1NCC(C1CC1)C1CC1. The molecule has 0 atom stereocenters. The van der Waals surface area contributed by atoms with Gasteiger partial charge < -0.3 is 5.32 Å². The van der Waals surface area contributed by atoms with Crippen LogP contribution in [-0.2, 0) is 0 Å². The van der Waals surface area contributed by atoms with Gasteiger partial charge in [0.1, 0.15) is 6.33 Å². The lowest BCUT2D eigenvalue weighted by molar-refractivity contribution is -0.384. The van der Waals surface area contributed by atoms with E-state index in [-0.39, 0.29) is 16.7 Å². The van der Waals surface area contributed by atoms with Gasteiger partial charge in [0, 0.05) is 6.54 Å². The van der Waals surface area contributed by atoms with Crippen molar-refractivity contribution in [3.63, 3.8) is 0 Å². The molecule has 2 aliphatic carbocycles. The fraction of sp³-hybridized carbons (Fsp3) is 0.667. The molecule has 2 aliphatic rings. The predicted molar refractivity (Wildman–Crippen MR) is 71.1 cm³/mol. The van der Waals surface area contributed by atoms with Crippen molar-refractivity contribution in [2.45, 2.75) is 25.7 Å². The summed E-state index contributed by atoms with van der Waals surface area (Å²) in [6, 6.07) is 0. The lowest BCUT2D eigenvalue weighted by atomic mass is 9.98. The van der Waals surface area contributed by atoms with Crippen LogP contribution in [0.3, 0.4) is 0 Å². The highest BCUT2D eigenvalue weighted by Crippen LogP contribution is 2.49. The fourth-order valence-corrected chi connectivity index (χ4v) is 2.83. The van der Waals surface area contributed by atoms with E-state index >= 15 is 0 Å². The van der Waals surface area contributed by atoms with Gasteiger partial charge in [0.2, 0.25) is 11.0 Å². The lowest BCUT2D eigenvalue weighted by Crippen LogP contribution is -2.19. The minimum atomic E-state index is -0.534. The van der Waals surface area contributed by atoms with Gasteiger partial charge in [0.15, 0.2) is 0 Å². The summed E-state index contributed by atoms with van der Waals surface area (Å²) in [6.07, 6.45) is 6.40. The van der Waals surface area contributed by atoms with Crippen molar-refractivity contribution in [3.8, 4) is 0 Å². The van der Waals surface area contributed by atoms with E-state index in [1.54, 1.807) is 0 Å². The van der Waals surface area contributed by atoms with E-state index in [9.17, 15) is 10.1 Å². The van der Waals surface area contributed by atoms with Crippen LogP contribution in [0.4, 0.5) is 11.5 Å². The van der Waals surface area contributed by atoms with Crippen LogP contribution < -0.4 is 5.32 Å². The van der Waals surface area contributed by atoms with Gasteiger partial charge in [0.25, 0.3) is 0 Å². The number of anilines is 1. The number of aromatic nitrogens is 2. The van der Waals surface area contributed by atoms with Gasteiger partial charge in [-0.15, -0.1) is 0 Å². The van der Waals surface area contributed by atoms with Crippen molar-refractivity contribution < 1.29 is 4.92 Å². The van der Waals surface area contributed by atoms with Crippen LogP contribution in [0.2, 0.25) is 5.15 Å². The molecule has 0 aliphatic heterocycles. The Morgan fingerprint density at radius 1 is 1.37 bits per heavy atom. The number of nitro groups is 1. The quantitative estimate of drug-likeness (QED) is 0.493. The van der Waals surface area contributed by atoms with Crippen LogP contribution in [0.25, 0.3) is 0 Å². The van der Waals surface area contributed by atoms with Crippen LogP contribution in [-0.4, -0.2) is 21.4 Å². The van der Waals surface area contributed by atoms with E-state index in [0.29, 0.717) is 5.92 Å². The van der Waals surface area contributed by atoms with Crippen molar-refractivity contribution in [1.29, 1.82) is 0 Å². The van der Waals surface area contributed by atoms with Crippen LogP contribution in [0.1, 0.15) is 25.7 Å². The number of nitrogens with one attached hydrogen (secondary N) is 1. The maximum absolute atomic E-state index is 11.0. The van der Waals surface area contributed by atoms with Gasteiger partial charge in [-0.1, -0.05) is 11.6 Å². The Bertz CT molecular complexity index is 491. The number of nitrogens with zero attached hydrogens (tertiary/aromatic N) is 3. The van der Waals surface area contributed by atoms with Gasteiger partial charge in [-0.2, -0.15) is 0 Å². The molecule has 1 heterocycles. The van der Waals surface area contributed by atoms with Gasteiger partial charge in [0.05, 0.1) is 4.92 Å². The molecule has 3 rings (SSSR count). The molecule has 1 aromatic heterocycles. The highest BCUT2D eigenvalue weighted by atomic mass is 35.5. The number of hydrogen-bond donors (Lipinski definition) is 1. The minimum Gasteiger partial charge on any atom is -0.364 e. The van der Waals surface area contributed by atoms with E-state index in [2.05, 4.69) is 15.3 Å². The molecule has 7 heteroatoms. The van der Waals surface area contributed by atoms with Gasteiger partial charge in [-0.25, -0.2) is 9.97 Å². The minimum absolute atomic E-state index is 0.114. The molecule has 102 valence electrons. The zero-order valence-electron chi connectivity index (χ0n) is 10.4. The third-order valence-electron chi connectivity index (χ3n) is 3.92. The average molecular weight is 283 g/mol. The summed E-state index contributed by atoms with van der Waals surface area (Å²) in [5, 5.41) is 14.0. The summed E-state index contributed by atoms with van der Waals surface area (Å²) < 4.78 is 0. The topological polar surface area (TPSA) is 81.0 Å². The summed E-state index contributed by atoms with van der Waals surface area (Å²) in [5.74, 6) is 2.43. The Balaban J connectivity index is 1.72. The molecular weight excluding hydrogens is 268 g/mol. The molecule has 0 amide bonds. The third kappa shape index (κ3) is 2.78. The van der Waals surface area contributed by atoms with E-state index in [4.69, 9.17) is 11.6 Å². The average Bonchev–Trinajstić information content (AvgIpc) is 3.23.